The van der Waals surface area contributed by atoms with Crippen LogP contribution in [0.5, 0.6) is 0 Å². The number of allylic oxidation sites excluding steroid dienone is 1. The maximum atomic E-state index is 9.63. The molecule has 0 aliphatic carbocycles. The summed E-state index contributed by atoms with van der Waals surface area (Å²) in [6.45, 7) is 7.24. The number of aromatic amines is 1. The van der Waals surface area contributed by atoms with E-state index in [4.69, 9.17) is 0 Å². The van der Waals surface area contributed by atoms with Crippen molar-refractivity contribution >= 4 is 11.6 Å². The Kier molecular flexibility index (Phi) is 4.03. The molecule has 23 heavy (non-hydrogen) atoms. The molecular formula is C17H22N6. The van der Waals surface area contributed by atoms with E-state index in [-0.39, 0.29) is 5.41 Å². The summed E-state index contributed by atoms with van der Waals surface area (Å²) in [5.74, 6) is 1.66. The zero-order valence-electron chi connectivity index (χ0n) is 13.9. The van der Waals surface area contributed by atoms with E-state index in [0.717, 1.165) is 42.9 Å². The van der Waals surface area contributed by atoms with Gasteiger partial charge in [0, 0.05) is 29.6 Å². The first kappa shape index (κ1) is 15.5. The molecule has 0 unspecified atom stereocenters. The summed E-state index contributed by atoms with van der Waals surface area (Å²) in [5.41, 5.74) is 2.42. The SMILES string of the molecule is CC(C)(C)c1[nH]ncc1C=C(C#N)c1nnc2n1CCCCC2. The fourth-order valence-electron chi connectivity index (χ4n) is 2.99. The first-order chi connectivity index (χ1) is 11.0. The molecule has 1 N–H and O–H groups in total. The normalized spacial score (nSPS) is 15.8. The van der Waals surface area contributed by atoms with Gasteiger partial charge in [-0.3, -0.25) is 5.10 Å². The van der Waals surface area contributed by atoms with E-state index in [2.05, 4.69) is 51.8 Å². The average Bonchev–Trinajstić information content (AvgIpc) is 3.06. The molecule has 3 rings (SSSR count). The van der Waals surface area contributed by atoms with Gasteiger partial charge in [0.2, 0.25) is 0 Å². The summed E-state index contributed by atoms with van der Waals surface area (Å²) in [4.78, 5) is 0. The minimum atomic E-state index is -0.0648. The van der Waals surface area contributed by atoms with Gasteiger partial charge in [0.05, 0.1) is 11.8 Å². The second-order valence-electron chi connectivity index (χ2n) is 7.02. The lowest BCUT2D eigenvalue weighted by Gasteiger charge is -2.17. The zero-order valence-corrected chi connectivity index (χ0v) is 13.9. The maximum Gasteiger partial charge on any atom is 0.174 e. The van der Waals surface area contributed by atoms with E-state index in [0.29, 0.717) is 11.4 Å². The molecule has 0 saturated heterocycles. The van der Waals surface area contributed by atoms with Crippen LogP contribution in [0.4, 0.5) is 0 Å². The predicted molar refractivity (Wildman–Crippen MR) is 88.3 cm³/mol. The van der Waals surface area contributed by atoms with Crippen molar-refractivity contribution in [3.8, 4) is 6.07 Å². The third-order valence-corrected chi connectivity index (χ3v) is 4.19. The molecule has 1 aliphatic rings. The van der Waals surface area contributed by atoms with Crippen molar-refractivity contribution in [3.05, 3.63) is 29.1 Å². The highest BCUT2D eigenvalue weighted by atomic mass is 15.3. The molecule has 6 heteroatoms. The zero-order chi connectivity index (χ0) is 16.4. The fraction of sp³-hybridized carbons (Fsp3) is 0.529. The first-order valence-electron chi connectivity index (χ1n) is 8.09. The molecule has 6 nitrogen and oxygen atoms in total. The third kappa shape index (κ3) is 3.04. The van der Waals surface area contributed by atoms with Crippen molar-refractivity contribution in [1.82, 2.24) is 25.0 Å². The second kappa shape index (κ2) is 5.99. The molecular weight excluding hydrogens is 288 g/mol. The number of rotatable bonds is 2. The third-order valence-electron chi connectivity index (χ3n) is 4.19. The number of fused-ring (bicyclic) bond motifs is 1. The number of nitrogens with zero attached hydrogens (tertiary/aromatic N) is 5. The highest BCUT2D eigenvalue weighted by molar-refractivity contribution is 5.87. The molecule has 0 fully saturated rings. The minimum absolute atomic E-state index is 0.0648. The van der Waals surface area contributed by atoms with Gasteiger partial charge in [-0.15, -0.1) is 10.2 Å². The number of nitriles is 1. The number of hydrogen-bond donors (Lipinski definition) is 1. The average molecular weight is 310 g/mol. The van der Waals surface area contributed by atoms with Gasteiger partial charge in [0.15, 0.2) is 5.82 Å². The standard InChI is InChI=1S/C17H22N6/c1-17(2,3)15-13(11-19-21-15)9-12(10-18)16-22-20-14-7-5-4-6-8-23(14)16/h9,11H,4-8H2,1-3H3,(H,19,21). The van der Waals surface area contributed by atoms with Crippen molar-refractivity contribution < 1.29 is 0 Å². The van der Waals surface area contributed by atoms with Gasteiger partial charge in [-0.1, -0.05) is 27.2 Å². The maximum absolute atomic E-state index is 9.63. The Morgan fingerprint density at radius 3 is 2.87 bits per heavy atom. The molecule has 0 spiro atoms. The second-order valence-corrected chi connectivity index (χ2v) is 7.02. The summed E-state index contributed by atoms with van der Waals surface area (Å²) in [7, 11) is 0. The predicted octanol–water partition coefficient (Wildman–Crippen LogP) is 3.09. The quantitative estimate of drug-likeness (QED) is 0.864. The van der Waals surface area contributed by atoms with Gasteiger partial charge in [0.1, 0.15) is 11.9 Å². The van der Waals surface area contributed by atoms with Crippen LogP contribution in [-0.4, -0.2) is 25.0 Å². The summed E-state index contributed by atoms with van der Waals surface area (Å²) < 4.78 is 2.10. The van der Waals surface area contributed by atoms with Crippen molar-refractivity contribution in [2.24, 2.45) is 0 Å². The molecule has 2 aromatic rings. The lowest BCUT2D eigenvalue weighted by molar-refractivity contribution is 0.566. The Hall–Kier alpha value is -2.42. The lowest BCUT2D eigenvalue weighted by atomic mass is 9.89. The molecule has 120 valence electrons. The molecule has 0 aromatic carbocycles. The first-order valence-corrected chi connectivity index (χ1v) is 8.09. The van der Waals surface area contributed by atoms with Crippen LogP contribution in [0.25, 0.3) is 11.6 Å². The Balaban J connectivity index is 2.03. The number of hydrogen-bond acceptors (Lipinski definition) is 4. The van der Waals surface area contributed by atoms with Crippen LogP contribution in [0.15, 0.2) is 6.20 Å². The van der Waals surface area contributed by atoms with Crippen molar-refractivity contribution in [2.75, 3.05) is 0 Å². The smallest absolute Gasteiger partial charge is 0.174 e. The molecule has 0 amide bonds. The van der Waals surface area contributed by atoms with Gasteiger partial charge in [-0.25, -0.2) is 0 Å². The van der Waals surface area contributed by atoms with Gasteiger partial charge in [0.25, 0.3) is 0 Å². The van der Waals surface area contributed by atoms with Crippen LogP contribution in [0.2, 0.25) is 0 Å². The molecule has 0 radical (unpaired) electrons. The number of aromatic nitrogens is 5. The molecule has 2 aromatic heterocycles. The Morgan fingerprint density at radius 2 is 2.13 bits per heavy atom. The molecule has 3 heterocycles. The molecule has 0 atom stereocenters. The molecule has 1 aliphatic heterocycles. The van der Waals surface area contributed by atoms with Gasteiger partial charge in [-0.2, -0.15) is 10.4 Å². The lowest BCUT2D eigenvalue weighted by Crippen LogP contribution is -2.13. The van der Waals surface area contributed by atoms with E-state index in [9.17, 15) is 5.26 Å². The van der Waals surface area contributed by atoms with Gasteiger partial charge in [-0.05, 0) is 18.9 Å². The largest absolute Gasteiger partial charge is 0.310 e. The van der Waals surface area contributed by atoms with Gasteiger partial charge < -0.3 is 4.57 Å². The fourth-order valence-corrected chi connectivity index (χ4v) is 2.99. The van der Waals surface area contributed by atoms with Crippen molar-refractivity contribution in [1.29, 1.82) is 5.26 Å². The van der Waals surface area contributed by atoms with Crippen LogP contribution in [0.1, 0.15) is 62.9 Å². The highest BCUT2D eigenvalue weighted by Gasteiger charge is 2.21. The summed E-state index contributed by atoms with van der Waals surface area (Å²) >= 11 is 0. The monoisotopic (exact) mass is 310 g/mol. The van der Waals surface area contributed by atoms with Crippen LogP contribution < -0.4 is 0 Å². The van der Waals surface area contributed by atoms with Gasteiger partial charge >= 0.3 is 0 Å². The number of aryl methyl sites for hydroxylation is 1. The summed E-state index contributed by atoms with van der Waals surface area (Å²) in [5, 5.41) is 25.4. The Morgan fingerprint density at radius 1 is 1.30 bits per heavy atom. The van der Waals surface area contributed by atoms with Crippen LogP contribution in [0.3, 0.4) is 0 Å². The highest BCUT2D eigenvalue weighted by Crippen LogP contribution is 2.27. The Labute approximate surface area is 136 Å². The van der Waals surface area contributed by atoms with E-state index >= 15 is 0 Å². The number of nitrogens with one attached hydrogen (secondary N) is 1. The van der Waals surface area contributed by atoms with E-state index in [1.165, 1.54) is 6.42 Å². The summed E-state index contributed by atoms with van der Waals surface area (Å²) in [6.07, 6.45) is 8.01. The van der Waals surface area contributed by atoms with Crippen LogP contribution in [-0.2, 0) is 18.4 Å². The minimum Gasteiger partial charge on any atom is -0.310 e. The number of H-pyrrole nitrogens is 1. The Bertz CT molecular complexity index is 766. The van der Waals surface area contributed by atoms with Crippen LogP contribution in [0, 0.1) is 11.3 Å². The summed E-state index contributed by atoms with van der Waals surface area (Å²) in [6, 6.07) is 2.29. The van der Waals surface area contributed by atoms with Crippen LogP contribution >= 0.6 is 0 Å². The van der Waals surface area contributed by atoms with E-state index < -0.39 is 0 Å². The van der Waals surface area contributed by atoms with E-state index in [1.54, 1.807) is 6.20 Å². The topological polar surface area (TPSA) is 83.2 Å². The van der Waals surface area contributed by atoms with Crippen molar-refractivity contribution in [3.63, 3.8) is 0 Å². The molecule has 0 saturated carbocycles. The van der Waals surface area contributed by atoms with Crippen molar-refractivity contribution in [2.45, 2.75) is 58.4 Å². The molecule has 0 bridgehead atoms. The van der Waals surface area contributed by atoms with E-state index in [1.807, 2.05) is 6.08 Å².